The van der Waals surface area contributed by atoms with Crippen molar-refractivity contribution in [1.29, 1.82) is 5.26 Å². The lowest BCUT2D eigenvalue weighted by molar-refractivity contribution is -0.153. The molecule has 9 heteroatoms. The van der Waals surface area contributed by atoms with Crippen LogP contribution in [0, 0.1) is 17.2 Å². The number of H-pyrrole nitrogens is 1. The van der Waals surface area contributed by atoms with Crippen molar-refractivity contribution >= 4 is 22.8 Å². The first-order valence-electron chi connectivity index (χ1n) is 8.49. The Morgan fingerprint density at radius 2 is 2.27 bits per heavy atom. The van der Waals surface area contributed by atoms with E-state index in [0.717, 1.165) is 0 Å². The number of hydrogen-bond donors (Lipinski definition) is 1. The van der Waals surface area contributed by atoms with Crippen molar-refractivity contribution < 1.29 is 13.6 Å². The second kappa shape index (κ2) is 5.62. The number of aromatic nitrogens is 3. The molecule has 136 valence electrons. The van der Waals surface area contributed by atoms with E-state index in [1.807, 2.05) is 0 Å². The second-order valence-corrected chi connectivity index (χ2v) is 6.99. The first-order valence-corrected chi connectivity index (χ1v) is 8.49. The van der Waals surface area contributed by atoms with Crippen molar-refractivity contribution in [3.8, 4) is 6.07 Å². The van der Waals surface area contributed by atoms with Gasteiger partial charge in [-0.3, -0.25) is 4.79 Å². The lowest BCUT2D eigenvalue weighted by Crippen LogP contribution is -2.61. The highest BCUT2D eigenvalue weighted by Crippen LogP contribution is 2.51. The molecule has 2 atom stereocenters. The summed E-state index contributed by atoms with van der Waals surface area (Å²) in [6, 6.07) is 3.54. The highest BCUT2D eigenvalue weighted by atomic mass is 19.3. The molecule has 4 rings (SSSR count). The largest absolute Gasteiger partial charge is 0.347 e. The van der Waals surface area contributed by atoms with Crippen LogP contribution in [-0.2, 0) is 4.79 Å². The summed E-state index contributed by atoms with van der Waals surface area (Å²) in [5, 5.41) is 9.50. The molecule has 0 bridgehead atoms. The fourth-order valence-corrected chi connectivity index (χ4v) is 4.44. The van der Waals surface area contributed by atoms with E-state index in [9.17, 15) is 4.79 Å². The Hall–Kier alpha value is -2.76. The summed E-state index contributed by atoms with van der Waals surface area (Å²) in [7, 11) is 0. The molecule has 2 unspecified atom stereocenters. The summed E-state index contributed by atoms with van der Waals surface area (Å²) >= 11 is 0. The Labute approximate surface area is 148 Å². The first-order chi connectivity index (χ1) is 12.4. The van der Waals surface area contributed by atoms with Crippen LogP contribution in [0.15, 0.2) is 18.6 Å². The molecule has 7 nitrogen and oxygen atoms in total. The number of nitrogens with one attached hydrogen (secondary N) is 1. The Morgan fingerprint density at radius 1 is 1.46 bits per heavy atom. The number of halogens is 2. The van der Waals surface area contributed by atoms with Gasteiger partial charge in [0, 0.05) is 19.3 Å². The van der Waals surface area contributed by atoms with Crippen LogP contribution in [-0.4, -0.2) is 56.9 Å². The molecule has 1 amide bonds. The average molecular weight is 360 g/mol. The number of carbonyl (C=O) groups excluding carboxylic acids is 1. The van der Waals surface area contributed by atoms with Crippen LogP contribution in [0.1, 0.15) is 19.8 Å². The van der Waals surface area contributed by atoms with Gasteiger partial charge in [0.25, 0.3) is 5.92 Å². The van der Waals surface area contributed by atoms with Gasteiger partial charge in [0.15, 0.2) is 0 Å². The van der Waals surface area contributed by atoms with Gasteiger partial charge in [-0.15, -0.1) is 0 Å². The third-order valence-electron chi connectivity index (χ3n) is 5.70. The number of carbonyl (C=O) groups is 1. The predicted octanol–water partition coefficient (Wildman–Crippen LogP) is 1.93. The summed E-state index contributed by atoms with van der Waals surface area (Å²) in [6.45, 7) is 1.46. The molecule has 2 saturated heterocycles. The molecule has 0 aromatic carbocycles. The maximum Gasteiger partial charge on any atom is 0.289 e. The number of rotatable bonds is 2. The van der Waals surface area contributed by atoms with Gasteiger partial charge in [-0.25, -0.2) is 18.7 Å². The number of nitriles is 1. The monoisotopic (exact) mass is 360 g/mol. The van der Waals surface area contributed by atoms with Crippen LogP contribution >= 0.6 is 0 Å². The van der Waals surface area contributed by atoms with E-state index in [-0.39, 0.29) is 25.4 Å². The van der Waals surface area contributed by atoms with Gasteiger partial charge >= 0.3 is 0 Å². The standard InChI is InChI=1S/C17H18F2N6O/c1-11-4-7-25(13(26)2-5-20)16(11)8-24(9-17(16,18)19)15-12-3-6-21-14(12)22-10-23-15/h3,6,10-11H,2,4,7-9H2,1H3,(H,21,22,23). The van der Waals surface area contributed by atoms with Crippen molar-refractivity contribution in [2.45, 2.75) is 31.2 Å². The van der Waals surface area contributed by atoms with Crippen molar-refractivity contribution in [1.82, 2.24) is 19.9 Å². The van der Waals surface area contributed by atoms with Crippen molar-refractivity contribution in [3.05, 3.63) is 18.6 Å². The van der Waals surface area contributed by atoms with Gasteiger partial charge < -0.3 is 14.8 Å². The van der Waals surface area contributed by atoms with E-state index in [1.165, 1.54) is 16.1 Å². The Morgan fingerprint density at radius 3 is 3.04 bits per heavy atom. The SMILES string of the molecule is CC1CCN(C(=O)CC#N)C12CN(c1ncnc3[nH]ccc13)CC2(F)F. The topological polar surface area (TPSA) is 88.9 Å². The smallest absolute Gasteiger partial charge is 0.289 e. The zero-order valence-electron chi connectivity index (χ0n) is 14.2. The molecule has 2 aliphatic heterocycles. The first kappa shape index (κ1) is 16.7. The molecule has 0 saturated carbocycles. The quantitative estimate of drug-likeness (QED) is 0.884. The van der Waals surface area contributed by atoms with Crippen molar-refractivity contribution in [2.75, 3.05) is 24.5 Å². The van der Waals surface area contributed by atoms with E-state index in [1.54, 1.807) is 25.3 Å². The van der Waals surface area contributed by atoms with Crippen LogP contribution in [0.4, 0.5) is 14.6 Å². The fourth-order valence-electron chi connectivity index (χ4n) is 4.44. The molecule has 2 aliphatic rings. The molecule has 2 aromatic rings. The van der Waals surface area contributed by atoms with Crippen molar-refractivity contribution in [2.24, 2.45) is 5.92 Å². The van der Waals surface area contributed by atoms with Gasteiger partial charge in [-0.05, 0) is 18.4 Å². The van der Waals surface area contributed by atoms with Gasteiger partial charge in [0.1, 0.15) is 29.8 Å². The predicted molar refractivity (Wildman–Crippen MR) is 89.5 cm³/mol. The molecule has 2 aromatic heterocycles. The number of nitrogens with zero attached hydrogens (tertiary/aromatic N) is 5. The summed E-state index contributed by atoms with van der Waals surface area (Å²) in [6.07, 6.45) is 3.13. The van der Waals surface area contributed by atoms with Gasteiger partial charge in [0.05, 0.1) is 18.0 Å². The van der Waals surface area contributed by atoms with Crippen LogP contribution in [0.3, 0.4) is 0 Å². The highest BCUT2D eigenvalue weighted by Gasteiger charge is 2.69. The molecule has 0 aliphatic carbocycles. The summed E-state index contributed by atoms with van der Waals surface area (Å²) in [5.41, 5.74) is -1.04. The molecular weight excluding hydrogens is 342 g/mol. The average Bonchev–Trinajstić information content (AvgIpc) is 3.26. The number of amides is 1. The molecule has 26 heavy (non-hydrogen) atoms. The van der Waals surface area contributed by atoms with E-state index in [2.05, 4.69) is 15.0 Å². The molecular formula is C17H18F2N6O. The number of likely N-dealkylation sites (tertiary alicyclic amines) is 1. The highest BCUT2D eigenvalue weighted by molar-refractivity contribution is 5.88. The minimum absolute atomic E-state index is 0.0182. The van der Waals surface area contributed by atoms with Gasteiger partial charge in [-0.1, -0.05) is 6.92 Å². The third-order valence-corrected chi connectivity index (χ3v) is 5.70. The van der Waals surface area contributed by atoms with Crippen LogP contribution in [0.5, 0.6) is 0 Å². The molecule has 1 spiro atoms. The molecule has 0 radical (unpaired) electrons. The molecule has 4 heterocycles. The van der Waals surface area contributed by atoms with E-state index < -0.39 is 23.9 Å². The zero-order chi connectivity index (χ0) is 18.5. The Kier molecular flexibility index (Phi) is 3.61. The van der Waals surface area contributed by atoms with E-state index in [4.69, 9.17) is 5.26 Å². The van der Waals surface area contributed by atoms with E-state index in [0.29, 0.717) is 23.3 Å². The number of fused-ring (bicyclic) bond motifs is 1. The summed E-state index contributed by atoms with van der Waals surface area (Å²) < 4.78 is 30.6. The molecule has 1 N–H and O–H groups in total. The van der Waals surface area contributed by atoms with Gasteiger partial charge in [-0.2, -0.15) is 5.26 Å². The second-order valence-electron chi connectivity index (χ2n) is 6.99. The number of anilines is 1. The summed E-state index contributed by atoms with van der Waals surface area (Å²) in [5.74, 6) is -3.59. The minimum atomic E-state index is -3.11. The Balaban J connectivity index is 1.77. The number of hydrogen-bond acceptors (Lipinski definition) is 5. The van der Waals surface area contributed by atoms with Crippen LogP contribution in [0.25, 0.3) is 11.0 Å². The van der Waals surface area contributed by atoms with Crippen LogP contribution in [0.2, 0.25) is 0 Å². The number of aromatic amines is 1. The van der Waals surface area contributed by atoms with Crippen molar-refractivity contribution in [3.63, 3.8) is 0 Å². The van der Waals surface area contributed by atoms with Gasteiger partial charge in [0.2, 0.25) is 5.91 Å². The summed E-state index contributed by atoms with van der Waals surface area (Å²) in [4.78, 5) is 26.4. The number of alkyl halides is 2. The van der Waals surface area contributed by atoms with E-state index >= 15 is 8.78 Å². The molecule has 2 fully saturated rings. The lowest BCUT2D eigenvalue weighted by atomic mass is 9.82. The maximum atomic E-state index is 15.3. The maximum absolute atomic E-state index is 15.3. The zero-order valence-corrected chi connectivity index (χ0v) is 14.2. The third kappa shape index (κ3) is 2.11. The fraction of sp³-hybridized carbons (Fsp3) is 0.529. The van der Waals surface area contributed by atoms with Crippen LogP contribution < -0.4 is 4.90 Å². The normalized spacial score (nSPS) is 27.4. The minimum Gasteiger partial charge on any atom is -0.347 e. The lowest BCUT2D eigenvalue weighted by Gasteiger charge is -2.41. The Bertz CT molecular complexity index is 906.